The molecular weight excluding hydrogens is 234 g/mol. The topological polar surface area (TPSA) is 67.6 Å². The lowest BCUT2D eigenvalue weighted by atomic mass is 10.2. The second-order valence-corrected chi connectivity index (χ2v) is 4.07. The summed E-state index contributed by atoms with van der Waals surface area (Å²) in [6.07, 6.45) is 0. The van der Waals surface area contributed by atoms with Gasteiger partial charge in [0, 0.05) is 13.6 Å². The number of nitrogens with zero attached hydrogens (tertiary/aromatic N) is 3. The van der Waals surface area contributed by atoms with Crippen LogP contribution in [-0.2, 0) is 7.05 Å². The second kappa shape index (κ2) is 6.39. The van der Waals surface area contributed by atoms with Gasteiger partial charge in [0.2, 0.25) is 5.88 Å². The normalized spacial score (nSPS) is 10.9. The number of aromatic nitrogens is 2. The van der Waals surface area contributed by atoms with E-state index in [2.05, 4.69) is 23.8 Å². The first-order chi connectivity index (χ1) is 8.51. The molecule has 0 radical (unpaired) electrons. The summed E-state index contributed by atoms with van der Waals surface area (Å²) in [5.74, 6) is -0.675. The fourth-order valence-corrected chi connectivity index (χ4v) is 1.86. The summed E-state index contributed by atoms with van der Waals surface area (Å²) < 4.78 is 7.04. The van der Waals surface area contributed by atoms with Crippen molar-refractivity contribution in [2.75, 3.05) is 26.2 Å². The van der Waals surface area contributed by atoms with Gasteiger partial charge in [0.05, 0.1) is 5.69 Å². The molecule has 0 spiro atoms. The Hall–Kier alpha value is -1.56. The standard InChI is InChI=1S/C12H21N3O3/c1-5-15(6-2)7-8-18-11-10(12(16)17)9(3)13-14(11)4/h5-8H2,1-4H3,(H,16,17). The molecule has 0 aromatic carbocycles. The van der Waals surface area contributed by atoms with Crippen LogP contribution in [0.3, 0.4) is 0 Å². The van der Waals surface area contributed by atoms with Crippen LogP contribution in [0.15, 0.2) is 0 Å². The molecule has 0 atom stereocenters. The molecule has 0 fully saturated rings. The Morgan fingerprint density at radius 1 is 1.44 bits per heavy atom. The van der Waals surface area contributed by atoms with Crippen LogP contribution < -0.4 is 4.74 Å². The van der Waals surface area contributed by atoms with E-state index in [-0.39, 0.29) is 5.56 Å². The van der Waals surface area contributed by atoms with Gasteiger partial charge in [-0.25, -0.2) is 9.48 Å². The van der Waals surface area contributed by atoms with Crippen LogP contribution in [0.25, 0.3) is 0 Å². The summed E-state index contributed by atoms with van der Waals surface area (Å²) in [6.45, 7) is 8.98. The van der Waals surface area contributed by atoms with Gasteiger partial charge in [0.1, 0.15) is 12.2 Å². The van der Waals surface area contributed by atoms with Gasteiger partial charge < -0.3 is 14.7 Å². The molecule has 1 aromatic heterocycles. The molecule has 1 heterocycles. The third-order valence-electron chi connectivity index (χ3n) is 2.92. The summed E-state index contributed by atoms with van der Waals surface area (Å²) in [7, 11) is 1.69. The molecule has 0 saturated heterocycles. The molecule has 1 aromatic rings. The minimum atomic E-state index is -1.00. The highest BCUT2D eigenvalue weighted by molar-refractivity contribution is 5.91. The maximum Gasteiger partial charge on any atom is 0.343 e. The van der Waals surface area contributed by atoms with E-state index >= 15 is 0 Å². The van der Waals surface area contributed by atoms with Crippen LogP contribution in [0, 0.1) is 6.92 Å². The van der Waals surface area contributed by atoms with E-state index in [4.69, 9.17) is 9.84 Å². The predicted molar refractivity (Wildman–Crippen MR) is 68.2 cm³/mol. The number of likely N-dealkylation sites (N-methyl/N-ethyl adjacent to an activating group) is 1. The average molecular weight is 255 g/mol. The summed E-state index contributed by atoms with van der Waals surface area (Å²) >= 11 is 0. The van der Waals surface area contributed by atoms with Gasteiger partial charge in [-0.15, -0.1) is 0 Å². The molecular formula is C12H21N3O3. The number of carbonyl (C=O) groups is 1. The molecule has 0 aliphatic heterocycles. The molecule has 0 bridgehead atoms. The molecule has 0 saturated carbocycles. The van der Waals surface area contributed by atoms with Crippen molar-refractivity contribution in [3.05, 3.63) is 11.3 Å². The number of hydrogen-bond donors (Lipinski definition) is 1. The first-order valence-corrected chi connectivity index (χ1v) is 6.13. The van der Waals surface area contributed by atoms with Crippen molar-refractivity contribution in [3.8, 4) is 5.88 Å². The van der Waals surface area contributed by atoms with Gasteiger partial charge in [-0.3, -0.25) is 0 Å². The Labute approximate surface area is 107 Å². The largest absolute Gasteiger partial charge is 0.477 e. The molecule has 18 heavy (non-hydrogen) atoms. The van der Waals surface area contributed by atoms with Gasteiger partial charge in [-0.05, 0) is 20.0 Å². The van der Waals surface area contributed by atoms with Crippen molar-refractivity contribution in [1.82, 2.24) is 14.7 Å². The van der Waals surface area contributed by atoms with E-state index in [1.165, 1.54) is 4.68 Å². The molecule has 1 rings (SSSR count). The maximum absolute atomic E-state index is 11.1. The highest BCUT2D eigenvalue weighted by atomic mass is 16.5. The number of hydrogen-bond acceptors (Lipinski definition) is 4. The Morgan fingerprint density at radius 2 is 2.06 bits per heavy atom. The van der Waals surface area contributed by atoms with Crippen molar-refractivity contribution >= 4 is 5.97 Å². The van der Waals surface area contributed by atoms with Gasteiger partial charge in [0.15, 0.2) is 0 Å². The Balaban J connectivity index is 2.70. The van der Waals surface area contributed by atoms with E-state index in [1.54, 1.807) is 14.0 Å². The van der Waals surface area contributed by atoms with Crippen LogP contribution in [0.4, 0.5) is 0 Å². The lowest BCUT2D eigenvalue weighted by Gasteiger charge is -2.18. The zero-order chi connectivity index (χ0) is 13.7. The Kier molecular flexibility index (Phi) is 5.15. The van der Waals surface area contributed by atoms with Crippen molar-refractivity contribution in [1.29, 1.82) is 0 Å². The number of aryl methyl sites for hydroxylation is 2. The highest BCUT2D eigenvalue weighted by Gasteiger charge is 2.20. The van der Waals surface area contributed by atoms with Crippen LogP contribution in [-0.4, -0.2) is 52.0 Å². The van der Waals surface area contributed by atoms with E-state index in [9.17, 15) is 4.79 Å². The van der Waals surface area contributed by atoms with Crippen molar-refractivity contribution in [2.45, 2.75) is 20.8 Å². The smallest absolute Gasteiger partial charge is 0.343 e. The van der Waals surface area contributed by atoms with Crippen molar-refractivity contribution in [2.24, 2.45) is 7.05 Å². The third-order valence-corrected chi connectivity index (χ3v) is 2.92. The highest BCUT2D eigenvalue weighted by Crippen LogP contribution is 2.21. The predicted octanol–water partition coefficient (Wildman–Crippen LogP) is 1.15. The van der Waals surface area contributed by atoms with Crippen LogP contribution >= 0.6 is 0 Å². The van der Waals surface area contributed by atoms with Gasteiger partial charge >= 0.3 is 5.97 Å². The fraction of sp³-hybridized carbons (Fsp3) is 0.667. The zero-order valence-corrected chi connectivity index (χ0v) is 11.4. The lowest BCUT2D eigenvalue weighted by molar-refractivity contribution is 0.0690. The molecule has 0 aliphatic rings. The average Bonchev–Trinajstić information content (AvgIpc) is 2.59. The molecule has 1 N–H and O–H groups in total. The lowest BCUT2D eigenvalue weighted by Crippen LogP contribution is -2.28. The number of aromatic carboxylic acids is 1. The Morgan fingerprint density at radius 3 is 2.56 bits per heavy atom. The monoisotopic (exact) mass is 255 g/mol. The van der Waals surface area contributed by atoms with Gasteiger partial charge in [0.25, 0.3) is 0 Å². The SMILES string of the molecule is CCN(CC)CCOc1c(C(=O)O)c(C)nn1C. The second-order valence-electron chi connectivity index (χ2n) is 4.07. The van der Waals surface area contributed by atoms with Crippen molar-refractivity contribution in [3.63, 3.8) is 0 Å². The molecule has 102 valence electrons. The first-order valence-electron chi connectivity index (χ1n) is 6.13. The number of carboxylic acid groups (broad SMARTS) is 1. The van der Waals surface area contributed by atoms with Gasteiger partial charge in [-0.2, -0.15) is 5.10 Å². The molecule has 0 aliphatic carbocycles. The quantitative estimate of drug-likeness (QED) is 0.791. The maximum atomic E-state index is 11.1. The summed E-state index contributed by atoms with van der Waals surface area (Å²) in [6, 6.07) is 0. The van der Waals surface area contributed by atoms with Gasteiger partial charge in [-0.1, -0.05) is 13.8 Å². The molecule has 6 nitrogen and oxygen atoms in total. The number of rotatable bonds is 7. The number of ether oxygens (including phenoxy) is 1. The van der Waals surface area contributed by atoms with Crippen LogP contribution in [0.1, 0.15) is 29.9 Å². The Bertz CT molecular complexity index is 411. The molecule has 0 amide bonds. The summed E-state index contributed by atoms with van der Waals surface area (Å²) in [4.78, 5) is 13.3. The molecule has 6 heteroatoms. The molecule has 0 unspecified atom stereocenters. The zero-order valence-electron chi connectivity index (χ0n) is 11.4. The third kappa shape index (κ3) is 3.22. The van der Waals surface area contributed by atoms with E-state index in [0.717, 1.165) is 19.6 Å². The first kappa shape index (κ1) is 14.5. The van der Waals surface area contributed by atoms with Crippen LogP contribution in [0.5, 0.6) is 5.88 Å². The van der Waals surface area contributed by atoms with Crippen LogP contribution in [0.2, 0.25) is 0 Å². The summed E-state index contributed by atoms with van der Waals surface area (Å²) in [5, 5.41) is 13.2. The van der Waals surface area contributed by atoms with E-state index in [0.29, 0.717) is 18.2 Å². The minimum Gasteiger partial charge on any atom is -0.477 e. The van der Waals surface area contributed by atoms with E-state index in [1.807, 2.05) is 0 Å². The fourth-order valence-electron chi connectivity index (χ4n) is 1.86. The van der Waals surface area contributed by atoms with Crippen molar-refractivity contribution < 1.29 is 14.6 Å². The van der Waals surface area contributed by atoms with E-state index < -0.39 is 5.97 Å². The minimum absolute atomic E-state index is 0.150. The summed E-state index contributed by atoms with van der Waals surface area (Å²) in [5.41, 5.74) is 0.625. The number of carboxylic acids is 1.